The molecule has 10 nitrogen and oxygen atoms in total. The topological polar surface area (TPSA) is 119 Å². The van der Waals surface area contributed by atoms with Crippen molar-refractivity contribution in [3.63, 3.8) is 0 Å². The van der Waals surface area contributed by atoms with Crippen molar-refractivity contribution in [2.45, 2.75) is 13.3 Å². The van der Waals surface area contributed by atoms with Crippen LogP contribution in [-0.2, 0) is 15.9 Å². The first-order chi connectivity index (χ1) is 16.6. The van der Waals surface area contributed by atoms with Crippen molar-refractivity contribution in [3.05, 3.63) is 59.9 Å². The van der Waals surface area contributed by atoms with E-state index in [2.05, 4.69) is 35.2 Å². The van der Waals surface area contributed by atoms with E-state index in [0.29, 0.717) is 48.3 Å². The van der Waals surface area contributed by atoms with Crippen molar-refractivity contribution in [2.24, 2.45) is 0 Å². The summed E-state index contributed by atoms with van der Waals surface area (Å²) in [6.07, 6.45) is 0.702. The molecular weight excluding hydrogens is 436 g/mol. The van der Waals surface area contributed by atoms with Gasteiger partial charge < -0.3 is 25.0 Å². The van der Waals surface area contributed by atoms with Crippen LogP contribution in [0.4, 0.5) is 22.1 Å². The minimum Gasteiger partial charge on any atom is -0.465 e. The van der Waals surface area contributed by atoms with Crippen LogP contribution in [0.25, 0.3) is 11.4 Å². The fourth-order valence-electron chi connectivity index (χ4n) is 3.40. The summed E-state index contributed by atoms with van der Waals surface area (Å²) < 4.78 is 10.1. The molecule has 176 valence electrons. The maximum atomic E-state index is 12.4. The van der Waals surface area contributed by atoms with Crippen molar-refractivity contribution in [1.29, 1.82) is 0 Å². The third kappa shape index (κ3) is 5.65. The van der Waals surface area contributed by atoms with Crippen molar-refractivity contribution >= 4 is 29.3 Å². The Bertz CT molecular complexity index is 1150. The first-order valence-corrected chi connectivity index (χ1v) is 11.0. The number of carbonyl (C=O) groups excluding carboxylic acids is 2. The van der Waals surface area contributed by atoms with Gasteiger partial charge in [0.15, 0.2) is 5.82 Å². The second-order valence-electron chi connectivity index (χ2n) is 7.55. The van der Waals surface area contributed by atoms with Crippen LogP contribution in [0.5, 0.6) is 0 Å². The Labute approximate surface area is 197 Å². The molecule has 1 fully saturated rings. The molecule has 10 heteroatoms. The molecular formula is C24H26N6O4. The number of urea groups is 1. The van der Waals surface area contributed by atoms with Crippen LogP contribution >= 0.6 is 0 Å². The Morgan fingerprint density at radius 3 is 2.15 bits per heavy atom. The first kappa shape index (κ1) is 23.1. The third-order valence-corrected chi connectivity index (χ3v) is 5.24. The summed E-state index contributed by atoms with van der Waals surface area (Å²) in [7, 11) is 1.32. The summed E-state index contributed by atoms with van der Waals surface area (Å²) in [5.74, 6) is 1.55. The highest BCUT2D eigenvalue weighted by molar-refractivity contribution is 6.00. The van der Waals surface area contributed by atoms with Gasteiger partial charge in [0.1, 0.15) is 5.82 Å². The monoisotopic (exact) mass is 462 g/mol. The Morgan fingerprint density at radius 2 is 1.56 bits per heavy atom. The fourth-order valence-corrected chi connectivity index (χ4v) is 3.40. The zero-order valence-electron chi connectivity index (χ0n) is 19.1. The average Bonchev–Trinajstić information content (AvgIpc) is 2.89. The van der Waals surface area contributed by atoms with Crippen molar-refractivity contribution in [2.75, 3.05) is 48.9 Å². The number of nitrogens with one attached hydrogen (secondary N) is 2. The molecule has 2 amide bonds. The molecule has 0 unspecified atom stereocenters. The lowest BCUT2D eigenvalue weighted by Gasteiger charge is -2.27. The zero-order chi connectivity index (χ0) is 23.9. The molecule has 1 aliphatic rings. The third-order valence-electron chi connectivity index (χ3n) is 5.24. The Hall–Kier alpha value is -4.05. The van der Waals surface area contributed by atoms with Gasteiger partial charge in [-0.3, -0.25) is 0 Å². The maximum absolute atomic E-state index is 12.4. The van der Waals surface area contributed by atoms with Crippen molar-refractivity contribution in [1.82, 2.24) is 15.0 Å². The van der Waals surface area contributed by atoms with Gasteiger partial charge >= 0.3 is 12.0 Å². The predicted octanol–water partition coefficient (Wildman–Crippen LogP) is 3.37. The molecule has 34 heavy (non-hydrogen) atoms. The van der Waals surface area contributed by atoms with E-state index in [9.17, 15) is 9.59 Å². The van der Waals surface area contributed by atoms with E-state index in [4.69, 9.17) is 4.74 Å². The number of amides is 2. The normalized spacial score (nSPS) is 13.3. The van der Waals surface area contributed by atoms with Crippen LogP contribution in [0.2, 0.25) is 0 Å². The summed E-state index contributed by atoms with van der Waals surface area (Å²) >= 11 is 0. The van der Waals surface area contributed by atoms with Crippen LogP contribution in [0.3, 0.4) is 0 Å². The molecule has 4 rings (SSSR count). The minimum atomic E-state index is -0.433. The van der Waals surface area contributed by atoms with E-state index in [1.165, 1.54) is 7.11 Å². The minimum absolute atomic E-state index is 0.401. The number of nitrogens with zero attached hydrogens (tertiary/aromatic N) is 4. The highest BCUT2D eigenvalue weighted by atomic mass is 16.5. The van der Waals surface area contributed by atoms with E-state index in [-0.39, 0.29) is 0 Å². The number of aryl methyl sites for hydroxylation is 1. The summed E-state index contributed by atoms with van der Waals surface area (Å²) in [6.45, 7) is 4.81. The number of ether oxygens (including phenoxy) is 2. The number of methoxy groups -OCH3 is 1. The molecule has 0 spiro atoms. The van der Waals surface area contributed by atoms with Crippen LogP contribution in [-0.4, -0.2) is 60.4 Å². The van der Waals surface area contributed by atoms with E-state index in [1.807, 2.05) is 19.1 Å². The molecule has 2 N–H and O–H groups in total. The number of aromatic nitrogens is 3. The van der Waals surface area contributed by atoms with Crippen LogP contribution in [0.15, 0.2) is 48.5 Å². The molecule has 3 aromatic rings. The number of carbonyl (C=O) groups is 2. The smallest absolute Gasteiger partial charge is 0.337 e. The van der Waals surface area contributed by atoms with E-state index < -0.39 is 12.0 Å². The van der Waals surface area contributed by atoms with E-state index in [0.717, 1.165) is 24.5 Å². The molecule has 0 aliphatic carbocycles. The Morgan fingerprint density at radius 1 is 0.941 bits per heavy atom. The van der Waals surface area contributed by atoms with Gasteiger partial charge in [-0.2, -0.15) is 9.97 Å². The van der Waals surface area contributed by atoms with Gasteiger partial charge in [0.2, 0.25) is 5.95 Å². The van der Waals surface area contributed by atoms with E-state index >= 15 is 0 Å². The quantitative estimate of drug-likeness (QED) is 0.535. The average molecular weight is 463 g/mol. The maximum Gasteiger partial charge on any atom is 0.337 e. The van der Waals surface area contributed by atoms with Gasteiger partial charge in [0, 0.05) is 36.4 Å². The summed E-state index contributed by atoms with van der Waals surface area (Å²) in [6, 6.07) is 13.3. The molecule has 1 aromatic heterocycles. The molecule has 0 atom stereocenters. The number of hydrogen-bond donors (Lipinski definition) is 2. The largest absolute Gasteiger partial charge is 0.465 e. The summed E-state index contributed by atoms with van der Waals surface area (Å²) in [5.41, 5.74) is 2.40. The lowest BCUT2D eigenvalue weighted by molar-refractivity contribution is 0.0600. The van der Waals surface area contributed by atoms with Gasteiger partial charge in [-0.1, -0.05) is 6.92 Å². The molecule has 1 aliphatic heterocycles. The molecule has 0 radical (unpaired) electrons. The van der Waals surface area contributed by atoms with Gasteiger partial charge in [0.25, 0.3) is 0 Å². The van der Waals surface area contributed by atoms with Crippen LogP contribution < -0.4 is 15.5 Å². The van der Waals surface area contributed by atoms with Crippen LogP contribution in [0.1, 0.15) is 23.1 Å². The first-order valence-electron chi connectivity index (χ1n) is 11.0. The number of anilines is 3. The number of morpholine rings is 1. The standard InChI is InChI=1S/C24H26N6O4/c1-3-20-27-21(29-23(28-20)30-12-14-34-15-13-30)16-4-8-18(9-5-16)25-24(32)26-19-10-6-17(7-11-19)22(31)33-2/h4-11H,3,12-15H2,1-2H3,(H2,25,26,32). The zero-order valence-corrected chi connectivity index (χ0v) is 19.1. The number of rotatable bonds is 6. The summed E-state index contributed by atoms with van der Waals surface area (Å²) in [5, 5.41) is 5.52. The predicted molar refractivity (Wildman–Crippen MR) is 128 cm³/mol. The van der Waals surface area contributed by atoms with Crippen LogP contribution in [0, 0.1) is 0 Å². The molecule has 0 bridgehead atoms. The highest BCUT2D eigenvalue weighted by Gasteiger charge is 2.17. The Kier molecular flexibility index (Phi) is 7.28. The molecule has 2 heterocycles. The number of hydrogen-bond acceptors (Lipinski definition) is 8. The second-order valence-corrected chi connectivity index (χ2v) is 7.55. The number of benzene rings is 2. The SMILES string of the molecule is CCc1nc(-c2ccc(NC(=O)Nc3ccc(C(=O)OC)cc3)cc2)nc(N2CCOCC2)n1. The molecule has 1 saturated heterocycles. The summed E-state index contributed by atoms with van der Waals surface area (Å²) in [4.78, 5) is 39.8. The van der Waals surface area contributed by atoms with Gasteiger partial charge in [-0.15, -0.1) is 0 Å². The number of esters is 1. The lowest BCUT2D eigenvalue weighted by Crippen LogP contribution is -2.37. The van der Waals surface area contributed by atoms with Gasteiger partial charge in [-0.25, -0.2) is 14.6 Å². The van der Waals surface area contributed by atoms with E-state index in [1.54, 1.807) is 36.4 Å². The van der Waals surface area contributed by atoms with Gasteiger partial charge in [-0.05, 0) is 48.5 Å². The second kappa shape index (κ2) is 10.7. The highest BCUT2D eigenvalue weighted by Crippen LogP contribution is 2.21. The lowest BCUT2D eigenvalue weighted by atomic mass is 10.2. The fraction of sp³-hybridized carbons (Fsp3) is 0.292. The molecule has 2 aromatic carbocycles. The Balaban J connectivity index is 1.42. The van der Waals surface area contributed by atoms with Crippen molar-refractivity contribution in [3.8, 4) is 11.4 Å². The van der Waals surface area contributed by atoms with Gasteiger partial charge in [0.05, 0.1) is 25.9 Å². The molecule has 0 saturated carbocycles. The van der Waals surface area contributed by atoms with Crippen molar-refractivity contribution < 1.29 is 19.1 Å².